The van der Waals surface area contributed by atoms with Crippen molar-refractivity contribution in [3.8, 4) is 11.3 Å². The van der Waals surface area contributed by atoms with Crippen LogP contribution in [-0.4, -0.2) is 36.4 Å². The van der Waals surface area contributed by atoms with E-state index in [0.29, 0.717) is 23.6 Å². The Bertz CT molecular complexity index is 1170. The summed E-state index contributed by atoms with van der Waals surface area (Å²) in [5, 5.41) is 3.93. The number of hydrogen-bond donors (Lipinski definition) is 2. The maximum Gasteiger partial charge on any atom is 0.258 e. The second kappa shape index (κ2) is 7.51. The van der Waals surface area contributed by atoms with Crippen LogP contribution in [0.2, 0.25) is 0 Å². The van der Waals surface area contributed by atoms with E-state index in [1.54, 1.807) is 18.5 Å². The van der Waals surface area contributed by atoms with E-state index >= 15 is 0 Å². The van der Waals surface area contributed by atoms with Crippen molar-refractivity contribution < 1.29 is 0 Å². The van der Waals surface area contributed by atoms with Crippen molar-refractivity contribution >= 4 is 16.7 Å². The number of aromatic nitrogens is 6. The highest BCUT2D eigenvalue weighted by Crippen LogP contribution is 2.23. The van der Waals surface area contributed by atoms with E-state index in [9.17, 15) is 4.79 Å². The zero-order chi connectivity index (χ0) is 19.5. The number of aromatic amines is 1. The van der Waals surface area contributed by atoms with Crippen molar-refractivity contribution in [1.82, 2.24) is 29.9 Å². The number of nitrogens with zero attached hydrogens (tertiary/aromatic N) is 5. The van der Waals surface area contributed by atoms with Crippen molar-refractivity contribution in [2.45, 2.75) is 19.8 Å². The molecule has 4 rings (SSSR count). The standard InChI is InChI=1S/C20H19N7O/c1-12(15-4-3-5-16-19(15)26-11-27-20(16)28)7-23-18-6-17(24-10-25-18)14-8-21-13(2)22-9-14/h3-6,8-12H,7H2,1-2H3,(H,23,24,25)(H,26,27,28)/t12-/m1/s1. The first-order chi connectivity index (χ1) is 13.6. The number of anilines is 1. The Labute approximate surface area is 161 Å². The third kappa shape index (κ3) is 3.57. The number of nitrogens with one attached hydrogen (secondary N) is 2. The molecule has 0 amide bonds. The highest BCUT2D eigenvalue weighted by molar-refractivity contribution is 5.81. The van der Waals surface area contributed by atoms with E-state index in [-0.39, 0.29) is 11.5 Å². The minimum atomic E-state index is -0.132. The highest BCUT2D eigenvalue weighted by Gasteiger charge is 2.12. The van der Waals surface area contributed by atoms with Crippen LogP contribution in [0.25, 0.3) is 22.2 Å². The van der Waals surface area contributed by atoms with Gasteiger partial charge in [-0.25, -0.2) is 24.9 Å². The molecule has 1 aromatic carbocycles. The third-order valence-electron chi connectivity index (χ3n) is 4.57. The van der Waals surface area contributed by atoms with Crippen LogP contribution in [0.5, 0.6) is 0 Å². The Balaban J connectivity index is 1.54. The van der Waals surface area contributed by atoms with Crippen molar-refractivity contribution in [1.29, 1.82) is 0 Å². The molecule has 140 valence electrons. The first kappa shape index (κ1) is 17.7. The molecule has 8 heteroatoms. The number of para-hydroxylation sites is 1. The van der Waals surface area contributed by atoms with Crippen molar-refractivity contribution in [2.75, 3.05) is 11.9 Å². The monoisotopic (exact) mass is 373 g/mol. The van der Waals surface area contributed by atoms with Gasteiger partial charge in [0.15, 0.2) is 0 Å². The predicted molar refractivity (Wildman–Crippen MR) is 107 cm³/mol. The first-order valence-electron chi connectivity index (χ1n) is 8.93. The lowest BCUT2D eigenvalue weighted by Gasteiger charge is -2.15. The average molecular weight is 373 g/mol. The van der Waals surface area contributed by atoms with Crippen molar-refractivity contribution in [2.24, 2.45) is 0 Å². The van der Waals surface area contributed by atoms with Gasteiger partial charge in [0, 0.05) is 36.5 Å². The summed E-state index contributed by atoms with van der Waals surface area (Å²) in [6.07, 6.45) is 6.45. The Morgan fingerprint density at radius 2 is 1.93 bits per heavy atom. The second-order valence-electron chi connectivity index (χ2n) is 6.56. The molecule has 0 saturated carbocycles. The Hall–Kier alpha value is -3.68. The van der Waals surface area contributed by atoms with E-state index in [1.807, 2.05) is 25.1 Å². The lowest BCUT2D eigenvalue weighted by atomic mass is 9.98. The average Bonchev–Trinajstić information content (AvgIpc) is 2.73. The zero-order valence-electron chi connectivity index (χ0n) is 15.5. The molecule has 3 heterocycles. The maximum absolute atomic E-state index is 12.0. The van der Waals surface area contributed by atoms with E-state index in [2.05, 4.69) is 42.1 Å². The summed E-state index contributed by atoms with van der Waals surface area (Å²) in [6.45, 7) is 4.56. The van der Waals surface area contributed by atoms with Gasteiger partial charge in [-0.3, -0.25) is 4.79 Å². The van der Waals surface area contributed by atoms with Crippen LogP contribution in [0.3, 0.4) is 0 Å². The fraction of sp³-hybridized carbons (Fsp3) is 0.200. The number of rotatable bonds is 5. The van der Waals surface area contributed by atoms with Gasteiger partial charge in [0.2, 0.25) is 0 Å². The molecule has 0 aliphatic rings. The molecular weight excluding hydrogens is 354 g/mol. The van der Waals surface area contributed by atoms with Crippen molar-refractivity contribution in [3.63, 3.8) is 0 Å². The summed E-state index contributed by atoms with van der Waals surface area (Å²) in [7, 11) is 0. The van der Waals surface area contributed by atoms with E-state index in [4.69, 9.17) is 0 Å². The lowest BCUT2D eigenvalue weighted by molar-refractivity contribution is 0.805. The molecule has 0 saturated heterocycles. The van der Waals surface area contributed by atoms with E-state index in [1.165, 1.54) is 12.7 Å². The van der Waals surface area contributed by atoms with Gasteiger partial charge in [0.1, 0.15) is 18.0 Å². The number of hydrogen-bond acceptors (Lipinski definition) is 7. The van der Waals surface area contributed by atoms with Gasteiger partial charge in [-0.05, 0) is 18.6 Å². The molecule has 0 unspecified atom stereocenters. The minimum absolute atomic E-state index is 0.124. The van der Waals surface area contributed by atoms with Gasteiger partial charge in [0.05, 0.1) is 22.9 Å². The van der Waals surface area contributed by atoms with Crippen LogP contribution in [0.1, 0.15) is 24.2 Å². The van der Waals surface area contributed by atoms with Gasteiger partial charge >= 0.3 is 0 Å². The summed E-state index contributed by atoms with van der Waals surface area (Å²) in [4.78, 5) is 36.0. The fourth-order valence-electron chi connectivity index (χ4n) is 3.02. The minimum Gasteiger partial charge on any atom is -0.369 e. The number of H-pyrrole nitrogens is 1. The normalized spacial score (nSPS) is 12.1. The molecule has 1 atom stereocenters. The van der Waals surface area contributed by atoms with Gasteiger partial charge in [-0.2, -0.15) is 0 Å². The summed E-state index contributed by atoms with van der Waals surface area (Å²) in [5.74, 6) is 1.55. The van der Waals surface area contributed by atoms with Gasteiger partial charge in [-0.15, -0.1) is 0 Å². The zero-order valence-corrected chi connectivity index (χ0v) is 15.5. The van der Waals surface area contributed by atoms with Crippen LogP contribution in [-0.2, 0) is 0 Å². The summed E-state index contributed by atoms with van der Waals surface area (Å²) in [6, 6.07) is 7.53. The van der Waals surface area contributed by atoms with Crippen molar-refractivity contribution in [3.05, 3.63) is 71.1 Å². The van der Waals surface area contributed by atoms with Crippen LogP contribution in [0.4, 0.5) is 5.82 Å². The fourth-order valence-corrected chi connectivity index (χ4v) is 3.02. The topological polar surface area (TPSA) is 109 Å². The van der Waals surface area contributed by atoms with E-state index in [0.717, 1.165) is 22.3 Å². The molecule has 8 nitrogen and oxygen atoms in total. The molecule has 28 heavy (non-hydrogen) atoms. The summed E-state index contributed by atoms with van der Waals surface area (Å²) < 4.78 is 0. The smallest absolute Gasteiger partial charge is 0.258 e. The number of fused-ring (bicyclic) bond motifs is 1. The molecule has 2 N–H and O–H groups in total. The molecule has 4 aromatic rings. The van der Waals surface area contributed by atoms with Gasteiger partial charge in [-0.1, -0.05) is 19.1 Å². The van der Waals surface area contributed by atoms with Crippen LogP contribution in [0.15, 0.2) is 54.1 Å². The second-order valence-corrected chi connectivity index (χ2v) is 6.56. The summed E-state index contributed by atoms with van der Waals surface area (Å²) in [5.41, 5.74) is 3.19. The SMILES string of the molecule is Cc1ncc(-c2cc(NC[C@@H](C)c3cccc4c(=O)[nH]cnc34)ncn2)cn1. The van der Waals surface area contributed by atoms with Gasteiger partial charge in [0.25, 0.3) is 5.56 Å². The Morgan fingerprint density at radius 1 is 1.11 bits per heavy atom. The Kier molecular flexibility index (Phi) is 4.76. The number of aryl methyl sites for hydroxylation is 1. The van der Waals surface area contributed by atoms with Crippen LogP contribution >= 0.6 is 0 Å². The third-order valence-corrected chi connectivity index (χ3v) is 4.57. The maximum atomic E-state index is 12.0. The molecule has 0 fully saturated rings. The largest absolute Gasteiger partial charge is 0.369 e. The van der Waals surface area contributed by atoms with Crippen LogP contribution in [0, 0.1) is 6.92 Å². The molecule has 0 radical (unpaired) electrons. The first-order valence-corrected chi connectivity index (χ1v) is 8.93. The number of benzene rings is 1. The predicted octanol–water partition coefficient (Wildman–Crippen LogP) is 2.69. The lowest BCUT2D eigenvalue weighted by Crippen LogP contribution is -2.13. The highest BCUT2D eigenvalue weighted by atomic mass is 16.1. The summed E-state index contributed by atoms with van der Waals surface area (Å²) >= 11 is 0. The molecule has 0 aliphatic heterocycles. The molecule has 0 bridgehead atoms. The van der Waals surface area contributed by atoms with Crippen LogP contribution < -0.4 is 10.9 Å². The van der Waals surface area contributed by atoms with E-state index < -0.39 is 0 Å². The van der Waals surface area contributed by atoms with Gasteiger partial charge < -0.3 is 10.3 Å². The molecule has 3 aromatic heterocycles. The Morgan fingerprint density at radius 3 is 2.75 bits per heavy atom. The molecule has 0 spiro atoms. The molecule has 0 aliphatic carbocycles. The molecular formula is C20H19N7O. The quantitative estimate of drug-likeness (QED) is 0.553.